The van der Waals surface area contributed by atoms with Crippen LogP contribution in [0.2, 0.25) is 0 Å². The molecule has 2 heterocycles. The van der Waals surface area contributed by atoms with Gasteiger partial charge in [0, 0.05) is 31.7 Å². The average Bonchev–Trinajstić information content (AvgIpc) is 3.30. The first-order chi connectivity index (χ1) is 10.1. The Kier molecular flexibility index (Phi) is 5.19. The van der Waals surface area contributed by atoms with Gasteiger partial charge in [0.25, 0.3) is 0 Å². The molecule has 0 aromatic heterocycles. The number of hydrogen-bond donors (Lipinski definition) is 1. The summed E-state index contributed by atoms with van der Waals surface area (Å²) in [5.74, 6) is 0.325. The van der Waals surface area contributed by atoms with Crippen LogP contribution in [0.25, 0.3) is 0 Å². The molecule has 0 spiro atoms. The Balaban J connectivity index is 1.41. The van der Waals surface area contributed by atoms with Gasteiger partial charge in [0.2, 0.25) is 10.0 Å². The minimum Gasteiger partial charge on any atom is -0.314 e. The van der Waals surface area contributed by atoms with Crippen molar-refractivity contribution in [3.8, 4) is 0 Å². The molecule has 1 aliphatic carbocycles. The van der Waals surface area contributed by atoms with Crippen LogP contribution >= 0.6 is 0 Å². The molecule has 0 bridgehead atoms. The monoisotopic (exact) mass is 315 g/mol. The fourth-order valence-corrected chi connectivity index (χ4v) is 5.10. The number of piperazine rings is 1. The van der Waals surface area contributed by atoms with Gasteiger partial charge in [-0.05, 0) is 51.6 Å². The summed E-state index contributed by atoms with van der Waals surface area (Å²) in [6.45, 7) is 4.47. The van der Waals surface area contributed by atoms with Gasteiger partial charge in [-0.2, -0.15) is 4.31 Å². The van der Waals surface area contributed by atoms with Crippen molar-refractivity contribution in [3.63, 3.8) is 0 Å². The van der Waals surface area contributed by atoms with Gasteiger partial charge in [-0.15, -0.1) is 0 Å². The smallest absolute Gasteiger partial charge is 0.214 e. The number of rotatable bonds is 7. The molecule has 1 atom stereocenters. The molecular formula is C15H29N3O2S. The summed E-state index contributed by atoms with van der Waals surface area (Å²) in [7, 11) is -3.04. The van der Waals surface area contributed by atoms with E-state index < -0.39 is 10.0 Å². The van der Waals surface area contributed by atoms with E-state index in [1.54, 1.807) is 4.31 Å². The van der Waals surface area contributed by atoms with Gasteiger partial charge in [-0.1, -0.05) is 6.42 Å². The minimum atomic E-state index is -3.04. The lowest BCUT2D eigenvalue weighted by atomic mass is 10.0. The maximum atomic E-state index is 12.5. The molecule has 2 saturated heterocycles. The van der Waals surface area contributed by atoms with Gasteiger partial charge < -0.3 is 5.32 Å². The third-order valence-electron chi connectivity index (χ3n) is 5.03. The summed E-state index contributed by atoms with van der Waals surface area (Å²) in [6, 6.07) is 1.19. The van der Waals surface area contributed by atoms with Gasteiger partial charge in [0.15, 0.2) is 0 Å². The average molecular weight is 315 g/mol. The Labute approximate surface area is 129 Å². The first-order valence-corrected chi connectivity index (χ1v) is 10.2. The topological polar surface area (TPSA) is 52.7 Å². The Bertz CT molecular complexity index is 436. The standard InChI is InChI=1S/C15H29N3O2S/c19-21(20,12-4-2-8-16-14-6-7-14)18-11-10-17-9-3-1-5-15(17)13-18/h14-16H,1-13H2. The van der Waals surface area contributed by atoms with Crippen molar-refractivity contribution in [1.82, 2.24) is 14.5 Å². The molecule has 1 unspecified atom stereocenters. The van der Waals surface area contributed by atoms with Crippen LogP contribution in [0.4, 0.5) is 0 Å². The van der Waals surface area contributed by atoms with Gasteiger partial charge in [0.05, 0.1) is 5.75 Å². The zero-order chi connectivity index (χ0) is 14.7. The Hall–Kier alpha value is -0.170. The molecule has 21 heavy (non-hydrogen) atoms. The van der Waals surface area contributed by atoms with E-state index in [1.165, 1.54) is 25.7 Å². The molecule has 0 amide bonds. The molecule has 122 valence electrons. The third kappa shape index (κ3) is 4.41. The molecule has 0 aromatic carbocycles. The molecular weight excluding hydrogens is 286 g/mol. The molecule has 2 aliphatic heterocycles. The highest BCUT2D eigenvalue weighted by atomic mass is 32.2. The third-order valence-corrected chi connectivity index (χ3v) is 6.96. The predicted molar refractivity (Wildman–Crippen MR) is 84.8 cm³/mol. The van der Waals surface area contributed by atoms with E-state index in [2.05, 4.69) is 10.2 Å². The second-order valence-corrected chi connectivity index (χ2v) is 8.88. The zero-order valence-corrected chi connectivity index (χ0v) is 13.8. The van der Waals surface area contributed by atoms with Crippen molar-refractivity contribution in [1.29, 1.82) is 0 Å². The summed E-state index contributed by atoms with van der Waals surface area (Å²) in [6.07, 6.45) is 8.04. The van der Waals surface area contributed by atoms with E-state index in [0.717, 1.165) is 51.5 Å². The van der Waals surface area contributed by atoms with Crippen molar-refractivity contribution in [2.45, 2.75) is 57.0 Å². The van der Waals surface area contributed by atoms with Crippen LogP contribution in [-0.4, -0.2) is 68.2 Å². The number of piperidine rings is 1. The van der Waals surface area contributed by atoms with Crippen LogP contribution in [0, 0.1) is 0 Å². The fourth-order valence-electron chi connectivity index (χ4n) is 3.51. The molecule has 0 aromatic rings. The van der Waals surface area contributed by atoms with E-state index in [0.29, 0.717) is 18.3 Å². The summed E-state index contributed by atoms with van der Waals surface area (Å²) in [5.41, 5.74) is 0. The zero-order valence-electron chi connectivity index (χ0n) is 13.0. The number of fused-ring (bicyclic) bond motifs is 1. The quantitative estimate of drug-likeness (QED) is 0.713. The van der Waals surface area contributed by atoms with Crippen LogP contribution in [-0.2, 0) is 10.0 Å². The van der Waals surface area contributed by atoms with Gasteiger partial charge >= 0.3 is 0 Å². The predicted octanol–water partition coefficient (Wildman–Crippen LogP) is 1.02. The molecule has 5 nitrogen and oxygen atoms in total. The first-order valence-electron chi connectivity index (χ1n) is 8.60. The van der Waals surface area contributed by atoms with E-state index in [1.807, 2.05) is 0 Å². The van der Waals surface area contributed by atoms with Crippen LogP contribution in [0.15, 0.2) is 0 Å². The summed E-state index contributed by atoms with van der Waals surface area (Å²) >= 11 is 0. The summed E-state index contributed by atoms with van der Waals surface area (Å²) in [4.78, 5) is 2.48. The van der Waals surface area contributed by atoms with Crippen molar-refractivity contribution >= 4 is 10.0 Å². The van der Waals surface area contributed by atoms with Crippen LogP contribution in [0.1, 0.15) is 44.9 Å². The van der Waals surface area contributed by atoms with Crippen molar-refractivity contribution in [3.05, 3.63) is 0 Å². The van der Waals surface area contributed by atoms with Gasteiger partial charge in [-0.3, -0.25) is 4.90 Å². The molecule has 0 radical (unpaired) electrons. The molecule has 3 aliphatic rings. The lowest BCUT2D eigenvalue weighted by Gasteiger charge is -2.43. The van der Waals surface area contributed by atoms with Crippen molar-refractivity contribution in [2.24, 2.45) is 0 Å². The summed E-state index contributed by atoms with van der Waals surface area (Å²) in [5, 5.41) is 3.44. The molecule has 1 N–H and O–H groups in total. The number of sulfonamides is 1. The van der Waals surface area contributed by atoms with Crippen molar-refractivity contribution in [2.75, 3.05) is 38.5 Å². The van der Waals surface area contributed by atoms with Crippen LogP contribution < -0.4 is 5.32 Å². The lowest BCUT2D eigenvalue weighted by molar-refractivity contribution is 0.0851. The highest BCUT2D eigenvalue weighted by molar-refractivity contribution is 7.89. The van der Waals surface area contributed by atoms with E-state index in [9.17, 15) is 8.42 Å². The minimum absolute atomic E-state index is 0.325. The van der Waals surface area contributed by atoms with Crippen LogP contribution in [0.5, 0.6) is 0 Å². The highest BCUT2D eigenvalue weighted by Crippen LogP contribution is 2.23. The van der Waals surface area contributed by atoms with E-state index >= 15 is 0 Å². The number of unbranched alkanes of at least 4 members (excludes halogenated alkanes) is 1. The normalized spacial score (nSPS) is 28.5. The van der Waals surface area contributed by atoms with Gasteiger partial charge in [0.1, 0.15) is 0 Å². The fraction of sp³-hybridized carbons (Fsp3) is 1.00. The maximum Gasteiger partial charge on any atom is 0.214 e. The Morgan fingerprint density at radius 1 is 1.00 bits per heavy atom. The number of nitrogens with one attached hydrogen (secondary N) is 1. The largest absolute Gasteiger partial charge is 0.314 e. The second-order valence-electron chi connectivity index (χ2n) is 6.80. The first kappa shape index (κ1) is 15.7. The molecule has 3 rings (SSSR count). The van der Waals surface area contributed by atoms with Crippen LogP contribution in [0.3, 0.4) is 0 Å². The maximum absolute atomic E-state index is 12.5. The van der Waals surface area contributed by atoms with E-state index in [-0.39, 0.29) is 0 Å². The Morgan fingerprint density at radius 2 is 1.86 bits per heavy atom. The van der Waals surface area contributed by atoms with Gasteiger partial charge in [-0.25, -0.2) is 8.42 Å². The summed E-state index contributed by atoms with van der Waals surface area (Å²) < 4.78 is 26.7. The lowest BCUT2D eigenvalue weighted by Crippen LogP contribution is -2.56. The Morgan fingerprint density at radius 3 is 2.67 bits per heavy atom. The van der Waals surface area contributed by atoms with E-state index in [4.69, 9.17) is 0 Å². The molecule has 6 heteroatoms. The molecule has 1 saturated carbocycles. The highest BCUT2D eigenvalue weighted by Gasteiger charge is 2.33. The second kappa shape index (κ2) is 6.94. The SMILES string of the molecule is O=S(=O)(CCCCNC1CC1)N1CCN2CCCCC2C1. The number of nitrogens with zero attached hydrogens (tertiary/aromatic N) is 2. The number of hydrogen-bond acceptors (Lipinski definition) is 4. The van der Waals surface area contributed by atoms with Crippen molar-refractivity contribution < 1.29 is 8.42 Å². The molecule has 3 fully saturated rings.